The fraction of sp³-hybridized carbons (Fsp3) is 0.500. The Bertz CT molecular complexity index is 434. The smallest absolute Gasteiger partial charge is 0.306 e. The SMILES string of the molecule is CC(Cc1nc(N)c2c(n1)COC2)C(=O)O. The van der Waals surface area contributed by atoms with E-state index in [1.165, 1.54) is 0 Å². The van der Waals surface area contributed by atoms with Crippen LogP contribution in [0.3, 0.4) is 0 Å². The Morgan fingerprint density at radius 2 is 2.31 bits per heavy atom. The zero-order valence-corrected chi connectivity index (χ0v) is 8.93. The molecule has 0 bridgehead atoms. The number of hydrogen-bond donors (Lipinski definition) is 2. The van der Waals surface area contributed by atoms with E-state index in [1.807, 2.05) is 0 Å². The number of aliphatic carboxylic acids is 1. The fourth-order valence-electron chi connectivity index (χ4n) is 1.58. The van der Waals surface area contributed by atoms with Crippen molar-refractivity contribution in [3.63, 3.8) is 0 Å². The molecule has 0 amide bonds. The summed E-state index contributed by atoms with van der Waals surface area (Å²) in [6, 6.07) is 0. The van der Waals surface area contributed by atoms with Crippen LogP contribution >= 0.6 is 0 Å². The summed E-state index contributed by atoms with van der Waals surface area (Å²) in [5, 5.41) is 8.79. The van der Waals surface area contributed by atoms with E-state index < -0.39 is 11.9 Å². The number of aromatic nitrogens is 2. The van der Waals surface area contributed by atoms with Crippen LogP contribution in [-0.4, -0.2) is 21.0 Å². The highest BCUT2D eigenvalue weighted by Crippen LogP contribution is 2.22. The summed E-state index contributed by atoms with van der Waals surface area (Å²) in [5.74, 6) is -0.509. The van der Waals surface area contributed by atoms with Gasteiger partial charge in [-0.2, -0.15) is 0 Å². The maximum atomic E-state index is 10.7. The van der Waals surface area contributed by atoms with Gasteiger partial charge in [-0.05, 0) is 0 Å². The maximum absolute atomic E-state index is 10.7. The van der Waals surface area contributed by atoms with Crippen LogP contribution in [0.2, 0.25) is 0 Å². The van der Waals surface area contributed by atoms with E-state index in [0.717, 1.165) is 11.3 Å². The van der Waals surface area contributed by atoms with Gasteiger partial charge in [0.1, 0.15) is 11.6 Å². The summed E-state index contributed by atoms with van der Waals surface area (Å²) in [5.41, 5.74) is 7.35. The summed E-state index contributed by atoms with van der Waals surface area (Å²) in [6.07, 6.45) is 0.285. The van der Waals surface area contributed by atoms with Gasteiger partial charge in [0.25, 0.3) is 0 Å². The summed E-state index contributed by atoms with van der Waals surface area (Å²) in [4.78, 5) is 19.1. The first-order valence-electron chi connectivity index (χ1n) is 5.02. The monoisotopic (exact) mass is 223 g/mol. The topological polar surface area (TPSA) is 98.3 Å². The Hall–Kier alpha value is -1.69. The lowest BCUT2D eigenvalue weighted by atomic mass is 10.1. The molecule has 0 aromatic carbocycles. The molecule has 16 heavy (non-hydrogen) atoms. The summed E-state index contributed by atoms with van der Waals surface area (Å²) >= 11 is 0. The van der Waals surface area contributed by atoms with Crippen molar-refractivity contribution in [1.29, 1.82) is 0 Å². The van der Waals surface area contributed by atoms with Crippen molar-refractivity contribution >= 4 is 11.8 Å². The molecular weight excluding hydrogens is 210 g/mol. The van der Waals surface area contributed by atoms with E-state index in [4.69, 9.17) is 15.6 Å². The van der Waals surface area contributed by atoms with Crippen LogP contribution in [0.4, 0.5) is 5.82 Å². The third-order valence-electron chi connectivity index (χ3n) is 2.57. The molecule has 1 aliphatic heterocycles. The Morgan fingerprint density at radius 3 is 3.00 bits per heavy atom. The third kappa shape index (κ3) is 1.96. The second-order valence-electron chi connectivity index (χ2n) is 3.89. The second kappa shape index (κ2) is 4.05. The van der Waals surface area contributed by atoms with Crippen molar-refractivity contribution in [2.24, 2.45) is 5.92 Å². The number of carboxylic acids is 1. The Kier molecular flexibility index (Phi) is 2.74. The van der Waals surface area contributed by atoms with Crippen molar-refractivity contribution in [3.8, 4) is 0 Å². The molecule has 0 fully saturated rings. The number of fused-ring (bicyclic) bond motifs is 1. The lowest BCUT2D eigenvalue weighted by Crippen LogP contribution is -2.15. The average molecular weight is 223 g/mol. The van der Waals surface area contributed by atoms with Crippen molar-refractivity contribution < 1.29 is 14.6 Å². The van der Waals surface area contributed by atoms with Gasteiger partial charge in [-0.3, -0.25) is 4.79 Å². The minimum absolute atomic E-state index is 0.285. The number of carbonyl (C=O) groups is 1. The van der Waals surface area contributed by atoms with Crippen molar-refractivity contribution in [2.75, 3.05) is 5.73 Å². The molecular formula is C10H13N3O3. The maximum Gasteiger partial charge on any atom is 0.306 e. The van der Waals surface area contributed by atoms with Crippen molar-refractivity contribution in [1.82, 2.24) is 9.97 Å². The molecule has 6 nitrogen and oxygen atoms in total. The molecule has 3 N–H and O–H groups in total. The molecule has 1 aromatic rings. The Morgan fingerprint density at radius 1 is 1.56 bits per heavy atom. The van der Waals surface area contributed by atoms with Gasteiger partial charge in [0, 0.05) is 12.0 Å². The number of nitrogen functional groups attached to an aromatic ring is 1. The van der Waals surface area contributed by atoms with Crippen molar-refractivity contribution in [2.45, 2.75) is 26.6 Å². The molecule has 1 aromatic heterocycles. The van der Waals surface area contributed by atoms with Crippen LogP contribution in [0, 0.1) is 5.92 Å². The molecule has 6 heteroatoms. The van der Waals surface area contributed by atoms with E-state index in [9.17, 15) is 4.79 Å². The molecule has 0 radical (unpaired) electrons. The van der Waals surface area contributed by atoms with Gasteiger partial charge in [-0.15, -0.1) is 0 Å². The van der Waals surface area contributed by atoms with Crippen LogP contribution in [-0.2, 0) is 29.2 Å². The molecule has 2 rings (SSSR count). The van der Waals surface area contributed by atoms with E-state index in [1.54, 1.807) is 6.92 Å². The average Bonchev–Trinajstić information content (AvgIpc) is 2.65. The molecule has 1 unspecified atom stereocenters. The zero-order chi connectivity index (χ0) is 11.7. The lowest BCUT2D eigenvalue weighted by Gasteiger charge is -2.07. The van der Waals surface area contributed by atoms with Crippen LogP contribution in [0.5, 0.6) is 0 Å². The molecule has 0 saturated heterocycles. The largest absolute Gasteiger partial charge is 0.481 e. The highest BCUT2D eigenvalue weighted by atomic mass is 16.5. The van der Waals surface area contributed by atoms with Crippen LogP contribution in [0.15, 0.2) is 0 Å². The van der Waals surface area contributed by atoms with E-state index in [2.05, 4.69) is 9.97 Å². The van der Waals surface area contributed by atoms with E-state index in [-0.39, 0.29) is 6.42 Å². The third-order valence-corrected chi connectivity index (χ3v) is 2.57. The molecule has 2 heterocycles. The standard InChI is InChI=1S/C10H13N3O3/c1-5(10(14)15)2-8-12-7-4-16-3-6(7)9(11)13-8/h5H,2-4H2,1H3,(H,14,15)(H2,11,12,13). The number of nitrogens with two attached hydrogens (primary N) is 1. The molecule has 1 aliphatic rings. The predicted molar refractivity (Wildman–Crippen MR) is 55.4 cm³/mol. The summed E-state index contributed by atoms with van der Waals surface area (Å²) in [7, 11) is 0. The van der Waals surface area contributed by atoms with Gasteiger partial charge >= 0.3 is 5.97 Å². The number of hydrogen-bond acceptors (Lipinski definition) is 5. The number of nitrogens with zero attached hydrogens (tertiary/aromatic N) is 2. The molecule has 0 saturated carbocycles. The number of carboxylic acid groups (broad SMARTS) is 1. The number of rotatable bonds is 3. The van der Waals surface area contributed by atoms with Gasteiger partial charge in [0.2, 0.25) is 0 Å². The van der Waals surface area contributed by atoms with Crippen LogP contribution in [0.25, 0.3) is 0 Å². The predicted octanol–water partition coefficient (Wildman–Crippen LogP) is 0.352. The minimum atomic E-state index is -0.862. The highest BCUT2D eigenvalue weighted by Gasteiger charge is 2.20. The second-order valence-corrected chi connectivity index (χ2v) is 3.89. The Labute approximate surface area is 92.5 Å². The van der Waals surface area contributed by atoms with Crippen LogP contribution in [0.1, 0.15) is 24.0 Å². The molecule has 86 valence electrons. The van der Waals surface area contributed by atoms with Gasteiger partial charge < -0.3 is 15.6 Å². The first-order chi connectivity index (χ1) is 7.58. The molecule has 1 atom stereocenters. The van der Waals surface area contributed by atoms with Crippen LogP contribution < -0.4 is 5.73 Å². The van der Waals surface area contributed by atoms with E-state index in [0.29, 0.717) is 24.9 Å². The molecule has 0 spiro atoms. The van der Waals surface area contributed by atoms with Gasteiger partial charge in [-0.1, -0.05) is 6.92 Å². The number of anilines is 1. The fourth-order valence-corrected chi connectivity index (χ4v) is 1.58. The van der Waals surface area contributed by atoms with Crippen molar-refractivity contribution in [3.05, 3.63) is 17.1 Å². The van der Waals surface area contributed by atoms with Gasteiger partial charge in [-0.25, -0.2) is 9.97 Å². The highest BCUT2D eigenvalue weighted by molar-refractivity contribution is 5.69. The first-order valence-corrected chi connectivity index (χ1v) is 5.02. The minimum Gasteiger partial charge on any atom is -0.481 e. The first kappa shape index (κ1) is 10.8. The lowest BCUT2D eigenvalue weighted by molar-refractivity contribution is -0.141. The summed E-state index contributed by atoms with van der Waals surface area (Å²) < 4.78 is 5.20. The molecule has 0 aliphatic carbocycles. The van der Waals surface area contributed by atoms with Gasteiger partial charge in [0.15, 0.2) is 0 Å². The van der Waals surface area contributed by atoms with E-state index >= 15 is 0 Å². The zero-order valence-electron chi connectivity index (χ0n) is 8.93. The summed E-state index contributed by atoms with van der Waals surface area (Å²) in [6.45, 7) is 2.48. The number of ether oxygens (including phenoxy) is 1. The Balaban J connectivity index is 2.23. The normalized spacial score (nSPS) is 15.8. The quantitative estimate of drug-likeness (QED) is 0.767. The van der Waals surface area contributed by atoms with Gasteiger partial charge in [0.05, 0.1) is 24.8 Å².